The zero-order valence-corrected chi connectivity index (χ0v) is 14.0. The molecule has 126 valence electrons. The lowest BCUT2D eigenvalue weighted by atomic mass is 9.92. The van der Waals surface area contributed by atoms with Gasteiger partial charge in [0.25, 0.3) is 10.0 Å². The molecule has 1 amide bonds. The molecule has 1 atom stereocenters. The van der Waals surface area contributed by atoms with E-state index in [4.69, 9.17) is 9.94 Å². The first-order valence-electron chi connectivity index (χ1n) is 6.89. The Morgan fingerprint density at radius 2 is 1.91 bits per heavy atom. The fourth-order valence-electron chi connectivity index (χ4n) is 1.79. The Bertz CT molecular complexity index is 687. The summed E-state index contributed by atoms with van der Waals surface area (Å²) in [6.07, 6.45) is 0.120. The summed E-state index contributed by atoms with van der Waals surface area (Å²) in [5.41, 5.74) is 1.58. The summed E-state index contributed by atoms with van der Waals surface area (Å²) >= 11 is 0. The van der Waals surface area contributed by atoms with Crippen molar-refractivity contribution in [2.24, 2.45) is 11.8 Å². The molecule has 3 N–H and O–H groups in total. The van der Waals surface area contributed by atoms with Crippen LogP contribution in [0.1, 0.15) is 20.3 Å². The summed E-state index contributed by atoms with van der Waals surface area (Å²) in [7, 11) is -2.27. The molecule has 0 saturated heterocycles. The second-order valence-corrected chi connectivity index (χ2v) is 6.80. The van der Waals surface area contributed by atoms with Gasteiger partial charge in [-0.2, -0.15) is 0 Å². The molecule has 0 bridgehead atoms. The van der Waals surface area contributed by atoms with Crippen LogP contribution in [0, 0.1) is 23.8 Å². The number of carbonyl (C=O) groups excluding carboxylic acids is 1. The van der Waals surface area contributed by atoms with Crippen LogP contribution in [0.25, 0.3) is 0 Å². The van der Waals surface area contributed by atoms with Gasteiger partial charge in [-0.25, -0.2) is 18.6 Å². The van der Waals surface area contributed by atoms with Crippen molar-refractivity contribution < 1.29 is 23.2 Å². The lowest BCUT2D eigenvalue weighted by molar-refractivity contribution is -0.134. The van der Waals surface area contributed by atoms with E-state index in [1.54, 1.807) is 5.48 Å². The normalized spacial score (nSPS) is 12.0. The van der Waals surface area contributed by atoms with Gasteiger partial charge in [0, 0.05) is 12.5 Å². The Morgan fingerprint density at radius 1 is 1.30 bits per heavy atom. The van der Waals surface area contributed by atoms with Crippen molar-refractivity contribution in [3.63, 3.8) is 0 Å². The van der Waals surface area contributed by atoms with Gasteiger partial charge in [-0.05, 0) is 30.2 Å². The molecular weight excluding hydrogens is 320 g/mol. The summed E-state index contributed by atoms with van der Waals surface area (Å²) in [6.45, 7) is 3.62. The van der Waals surface area contributed by atoms with Gasteiger partial charge < -0.3 is 4.74 Å². The Hall–Kier alpha value is -2.24. The van der Waals surface area contributed by atoms with Crippen molar-refractivity contribution in [1.29, 1.82) is 0 Å². The van der Waals surface area contributed by atoms with E-state index in [9.17, 15) is 13.2 Å². The highest BCUT2D eigenvalue weighted by atomic mass is 32.2. The molecule has 1 aromatic carbocycles. The molecular formula is C15H20N2O5S. The van der Waals surface area contributed by atoms with Gasteiger partial charge in [-0.3, -0.25) is 10.0 Å². The first-order valence-corrected chi connectivity index (χ1v) is 8.37. The summed E-state index contributed by atoms with van der Waals surface area (Å²) in [5, 5.41) is 8.66. The quantitative estimate of drug-likeness (QED) is 0.311. The van der Waals surface area contributed by atoms with E-state index >= 15 is 0 Å². The lowest BCUT2D eigenvalue weighted by Gasteiger charge is -2.15. The second kappa shape index (κ2) is 8.41. The Morgan fingerprint density at radius 3 is 2.39 bits per heavy atom. The van der Waals surface area contributed by atoms with Crippen LogP contribution in [-0.2, 0) is 14.8 Å². The summed E-state index contributed by atoms with van der Waals surface area (Å²) < 4.78 is 31.2. The molecule has 0 radical (unpaired) electrons. The van der Waals surface area contributed by atoms with Crippen LogP contribution in [0.15, 0.2) is 29.2 Å². The number of hydrogen-bond donors (Lipinski definition) is 3. The largest absolute Gasteiger partial charge is 0.497 e. The topological polar surface area (TPSA) is 105 Å². The molecule has 0 spiro atoms. The van der Waals surface area contributed by atoms with Crippen LogP contribution < -0.4 is 14.9 Å². The number of nitrogens with one attached hydrogen (secondary N) is 2. The Labute approximate surface area is 136 Å². The highest BCUT2D eigenvalue weighted by Gasteiger charge is 2.20. The van der Waals surface area contributed by atoms with Gasteiger partial charge in [0.05, 0.1) is 17.9 Å². The minimum absolute atomic E-state index is 0.0466. The number of methoxy groups -OCH3 is 1. The van der Waals surface area contributed by atoms with Crippen LogP contribution in [-0.4, -0.2) is 26.6 Å². The fraction of sp³-hybridized carbons (Fsp3) is 0.400. The van der Waals surface area contributed by atoms with Gasteiger partial charge >= 0.3 is 0 Å². The van der Waals surface area contributed by atoms with Crippen molar-refractivity contribution >= 4 is 15.9 Å². The van der Waals surface area contributed by atoms with Crippen molar-refractivity contribution in [3.8, 4) is 17.7 Å². The average molecular weight is 340 g/mol. The maximum Gasteiger partial charge on any atom is 0.268 e. The van der Waals surface area contributed by atoms with Gasteiger partial charge in [0.2, 0.25) is 5.91 Å². The Balaban J connectivity index is 2.74. The molecule has 7 nitrogen and oxygen atoms in total. The highest BCUT2D eigenvalue weighted by molar-refractivity contribution is 7.89. The number of carbonyl (C=O) groups is 1. The van der Waals surface area contributed by atoms with E-state index in [2.05, 4.69) is 16.7 Å². The smallest absolute Gasteiger partial charge is 0.268 e. The van der Waals surface area contributed by atoms with Gasteiger partial charge in [0.1, 0.15) is 5.75 Å². The van der Waals surface area contributed by atoms with Gasteiger partial charge in [-0.15, -0.1) is 0 Å². The minimum Gasteiger partial charge on any atom is -0.497 e. The molecule has 0 unspecified atom stereocenters. The molecule has 0 fully saturated rings. The maximum atomic E-state index is 12.0. The van der Waals surface area contributed by atoms with Gasteiger partial charge in [0.15, 0.2) is 0 Å². The van der Waals surface area contributed by atoms with Crippen LogP contribution in [0.3, 0.4) is 0 Å². The molecule has 23 heavy (non-hydrogen) atoms. The Kier molecular flexibility index (Phi) is 6.88. The zero-order chi connectivity index (χ0) is 17.5. The lowest BCUT2D eigenvalue weighted by Crippen LogP contribution is -2.31. The second-order valence-electron chi connectivity index (χ2n) is 5.11. The van der Waals surface area contributed by atoms with E-state index < -0.39 is 21.8 Å². The molecule has 0 aromatic heterocycles. The molecule has 0 aliphatic rings. The van der Waals surface area contributed by atoms with Crippen molar-refractivity contribution in [2.75, 3.05) is 7.11 Å². The number of hydroxylamine groups is 1. The standard InChI is InChI=1S/C15H20N2O5S/c1-11(2)14(15(18)17-19)5-4-10-16-23(20,21)13-8-6-12(22-3)7-9-13/h6-9,11,14,16,19H,5H2,1-3H3,(H,17,18)/t14-/m1/s1. The fourth-order valence-corrected chi connectivity index (χ4v) is 2.61. The predicted molar refractivity (Wildman–Crippen MR) is 84.0 cm³/mol. The number of benzene rings is 1. The number of sulfonamides is 1. The van der Waals surface area contributed by atoms with E-state index in [0.29, 0.717) is 5.75 Å². The molecule has 8 heteroatoms. The third kappa shape index (κ3) is 5.47. The molecule has 1 rings (SSSR count). The highest BCUT2D eigenvalue weighted by Crippen LogP contribution is 2.16. The van der Waals surface area contributed by atoms with Crippen molar-refractivity contribution in [3.05, 3.63) is 24.3 Å². The maximum absolute atomic E-state index is 12.0. The number of hydrogen-bond acceptors (Lipinski definition) is 5. The monoisotopic (exact) mass is 340 g/mol. The van der Waals surface area contributed by atoms with Crippen LogP contribution in [0.5, 0.6) is 5.75 Å². The van der Waals surface area contributed by atoms with E-state index in [1.807, 2.05) is 13.8 Å². The van der Waals surface area contributed by atoms with Crippen molar-refractivity contribution in [1.82, 2.24) is 10.2 Å². The third-order valence-corrected chi connectivity index (χ3v) is 4.48. The zero-order valence-electron chi connectivity index (χ0n) is 13.2. The van der Waals surface area contributed by atoms with Crippen molar-refractivity contribution in [2.45, 2.75) is 25.2 Å². The van der Waals surface area contributed by atoms with E-state index in [1.165, 1.54) is 31.4 Å². The van der Waals surface area contributed by atoms with Gasteiger partial charge in [-0.1, -0.05) is 19.8 Å². The van der Waals surface area contributed by atoms with E-state index in [0.717, 1.165) is 0 Å². The van der Waals surface area contributed by atoms with Crippen LogP contribution >= 0.6 is 0 Å². The molecule has 0 aliphatic carbocycles. The minimum atomic E-state index is -3.76. The third-order valence-electron chi connectivity index (χ3n) is 3.22. The molecule has 0 heterocycles. The average Bonchev–Trinajstić information content (AvgIpc) is 2.53. The SMILES string of the molecule is COc1ccc(S(=O)(=O)NC#CC[C@@H](C(=O)NO)C(C)C)cc1. The van der Waals surface area contributed by atoms with Crippen LogP contribution in [0.2, 0.25) is 0 Å². The molecule has 0 aliphatic heterocycles. The predicted octanol–water partition coefficient (Wildman–Crippen LogP) is 1.10. The summed E-state index contributed by atoms with van der Waals surface area (Å²) in [4.78, 5) is 11.5. The molecule has 1 aromatic rings. The summed E-state index contributed by atoms with van der Waals surface area (Å²) in [6, 6.07) is 8.20. The first-order chi connectivity index (χ1) is 10.8. The number of ether oxygens (including phenoxy) is 1. The first kappa shape index (κ1) is 18.8. The van der Waals surface area contributed by atoms with E-state index in [-0.39, 0.29) is 17.2 Å². The molecule has 0 saturated carbocycles. The number of rotatable bonds is 6. The number of amides is 1. The van der Waals surface area contributed by atoms with Crippen LogP contribution in [0.4, 0.5) is 0 Å². The summed E-state index contributed by atoms with van der Waals surface area (Å²) in [5.74, 6) is 2.01.